The Labute approximate surface area is 120 Å². The fourth-order valence-corrected chi connectivity index (χ4v) is 3.66. The zero-order chi connectivity index (χ0) is 15.5. The van der Waals surface area contributed by atoms with E-state index in [1.54, 1.807) is 13.2 Å². The van der Waals surface area contributed by atoms with Crippen molar-refractivity contribution < 1.29 is 22.3 Å². The molecule has 0 radical (unpaired) electrons. The molecule has 5 nitrogen and oxygen atoms in total. The first-order chi connectivity index (χ1) is 9.22. The lowest BCUT2D eigenvalue weighted by molar-refractivity contribution is 0.282. The molecule has 0 aliphatic rings. The van der Waals surface area contributed by atoms with Gasteiger partial charge in [-0.15, -0.1) is 0 Å². The number of anilines is 1. The molecular weight excluding hydrogens is 310 g/mol. The first kappa shape index (κ1) is 17.2. The van der Waals surface area contributed by atoms with Gasteiger partial charge in [0.1, 0.15) is 16.5 Å². The van der Waals surface area contributed by atoms with Crippen LogP contribution in [0.5, 0.6) is 0 Å². The number of hydrogen-bond acceptors (Lipinski definition) is 5. The molecule has 0 spiro atoms. The Hall–Kier alpha value is -0.900. The quantitative estimate of drug-likeness (QED) is 0.677. The number of nitrogens with two attached hydrogens (primary N) is 1. The molecule has 0 aromatic heterocycles. The van der Waals surface area contributed by atoms with Crippen molar-refractivity contribution in [2.75, 3.05) is 18.6 Å². The largest absolute Gasteiger partial charge is 0.396 e. The highest BCUT2D eigenvalue weighted by atomic mass is 32.2. The average Bonchev–Trinajstić information content (AvgIpc) is 2.34. The number of rotatable bonds is 6. The standard InChI is InChI=1S/C11H16F2N2O3S2/c1-6(10(5-16)19-2)15-20(17,18)11-4-9(14)7(12)3-8(11)13/h3-4,6,10,15-16H,5,14H2,1-2H3. The number of hydrogen-bond donors (Lipinski definition) is 3. The highest BCUT2D eigenvalue weighted by molar-refractivity contribution is 7.99. The summed E-state index contributed by atoms with van der Waals surface area (Å²) in [5, 5.41) is 8.72. The molecule has 0 aliphatic carbocycles. The summed E-state index contributed by atoms with van der Waals surface area (Å²) in [6.45, 7) is 1.30. The van der Waals surface area contributed by atoms with Crippen LogP contribution in [0.4, 0.5) is 14.5 Å². The lowest BCUT2D eigenvalue weighted by Crippen LogP contribution is -2.41. The molecule has 114 valence electrons. The first-order valence-corrected chi connectivity index (χ1v) is 8.40. The van der Waals surface area contributed by atoms with E-state index >= 15 is 0 Å². The number of thioether (sulfide) groups is 1. The van der Waals surface area contributed by atoms with Crippen LogP contribution < -0.4 is 10.5 Å². The van der Waals surface area contributed by atoms with E-state index in [1.807, 2.05) is 0 Å². The van der Waals surface area contributed by atoms with E-state index in [0.717, 1.165) is 6.07 Å². The maximum absolute atomic E-state index is 13.6. The SMILES string of the molecule is CSC(CO)C(C)NS(=O)(=O)c1cc(N)c(F)cc1F. The molecule has 1 aromatic rings. The molecule has 0 aliphatic heterocycles. The minimum Gasteiger partial charge on any atom is -0.396 e. The fraction of sp³-hybridized carbons (Fsp3) is 0.455. The number of sulfonamides is 1. The monoisotopic (exact) mass is 326 g/mol. The molecule has 2 unspecified atom stereocenters. The zero-order valence-electron chi connectivity index (χ0n) is 10.9. The molecule has 0 saturated carbocycles. The minimum atomic E-state index is -4.19. The van der Waals surface area contributed by atoms with Crippen molar-refractivity contribution in [2.24, 2.45) is 0 Å². The van der Waals surface area contributed by atoms with E-state index in [0.29, 0.717) is 6.07 Å². The van der Waals surface area contributed by atoms with Crippen molar-refractivity contribution in [2.45, 2.75) is 23.1 Å². The van der Waals surface area contributed by atoms with Crippen molar-refractivity contribution in [3.63, 3.8) is 0 Å². The summed E-state index contributed by atoms with van der Waals surface area (Å²) >= 11 is 1.27. The Morgan fingerprint density at radius 1 is 1.40 bits per heavy atom. The summed E-state index contributed by atoms with van der Waals surface area (Å²) < 4.78 is 52.9. The first-order valence-electron chi connectivity index (χ1n) is 5.63. The predicted octanol–water partition coefficient (Wildman–Crippen LogP) is 0.938. The lowest BCUT2D eigenvalue weighted by atomic mass is 10.3. The number of halogens is 2. The average molecular weight is 326 g/mol. The van der Waals surface area contributed by atoms with Crippen molar-refractivity contribution in [3.8, 4) is 0 Å². The number of benzene rings is 1. The summed E-state index contributed by atoms with van der Waals surface area (Å²) in [4.78, 5) is -0.721. The Balaban J connectivity index is 3.09. The van der Waals surface area contributed by atoms with E-state index in [-0.39, 0.29) is 11.9 Å². The van der Waals surface area contributed by atoms with Gasteiger partial charge in [-0.2, -0.15) is 11.8 Å². The Bertz CT molecular complexity index is 577. The van der Waals surface area contributed by atoms with Crippen LogP contribution in [0.15, 0.2) is 17.0 Å². The number of nitrogens with one attached hydrogen (secondary N) is 1. The van der Waals surface area contributed by atoms with Crippen LogP contribution in [0.1, 0.15) is 6.92 Å². The van der Waals surface area contributed by atoms with Gasteiger partial charge in [-0.25, -0.2) is 21.9 Å². The van der Waals surface area contributed by atoms with Gasteiger partial charge >= 0.3 is 0 Å². The molecule has 4 N–H and O–H groups in total. The van der Waals surface area contributed by atoms with Gasteiger partial charge < -0.3 is 10.8 Å². The normalized spacial score (nSPS) is 15.1. The second-order valence-corrected chi connectivity index (χ2v) is 6.93. The van der Waals surface area contributed by atoms with Crippen molar-refractivity contribution in [1.82, 2.24) is 4.72 Å². The van der Waals surface area contributed by atoms with Crippen LogP contribution >= 0.6 is 11.8 Å². The molecule has 0 saturated heterocycles. The van der Waals surface area contributed by atoms with Crippen LogP contribution in [-0.4, -0.2) is 37.7 Å². The molecule has 20 heavy (non-hydrogen) atoms. The van der Waals surface area contributed by atoms with Crippen LogP contribution in [0, 0.1) is 11.6 Å². The van der Waals surface area contributed by atoms with E-state index < -0.39 is 38.3 Å². The van der Waals surface area contributed by atoms with Gasteiger partial charge in [-0.1, -0.05) is 0 Å². The van der Waals surface area contributed by atoms with Gasteiger partial charge in [-0.05, 0) is 19.2 Å². The molecule has 0 heterocycles. The highest BCUT2D eigenvalue weighted by Crippen LogP contribution is 2.22. The smallest absolute Gasteiger partial charge is 0.243 e. The fourth-order valence-electron chi connectivity index (χ4n) is 1.57. The molecule has 0 amide bonds. The van der Waals surface area contributed by atoms with Crippen LogP contribution in [0.25, 0.3) is 0 Å². The van der Waals surface area contributed by atoms with E-state index in [9.17, 15) is 17.2 Å². The maximum atomic E-state index is 13.6. The van der Waals surface area contributed by atoms with Crippen LogP contribution in [0.3, 0.4) is 0 Å². The van der Waals surface area contributed by atoms with E-state index in [4.69, 9.17) is 10.8 Å². The number of nitrogen functional groups attached to an aromatic ring is 1. The summed E-state index contributed by atoms with van der Waals surface area (Å²) in [7, 11) is -4.19. The molecule has 2 atom stereocenters. The second-order valence-electron chi connectivity index (χ2n) is 4.17. The molecule has 0 fully saturated rings. The third kappa shape index (κ3) is 3.81. The topological polar surface area (TPSA) is 92.4 Å². The van der Waals surface area contributed by atoms with E-state index in [2.05, 4.69) is 4.72 Å². The van der Waals surface area contributed by atoms with E-state index in [1.165, 1.54) is 11.8 Å². The predicted molar refractivity (Wildman–Crippen MR) is 74.9 cm³/mol. The van der Waals surface area contributed by atoms with Crippen LogP contribution in [-0.2, 0) is 10.0 Å². The summed E-state index contributed by atoms with van der Waals surface area (Å²) in [5.74, 6) is -2.24. The van der Waals surface area contributed by atoms with Crippen LogP contribution in [0.2, 0.25) is 0 Å². The van der Waals surface area contributed by atoms with Gasteiger partial charge in [-0.3, -0.25) is 0 Å². The van der Waals surface area contributed by atoms with Gasteiger partial charge in [0.15, 0.2) is 0 Å². The van der Waals surface area contributed by atoms with Crippen molar-refractivity contribution in [3.05, 3.63) is 23.8 Å². The summed E-state index contributed by atoms with van der Waals surface area (Å²) in [5.41, 5.74) is 4.80. The molecule has 0 bridgehead atoms. The Morgan fingerprint density at radius 2 is 2.00 bits per heavy atom. The third-order valence-corrected chi connectivity index (χ3v) is 5.46. The Kier molecular flexibility index (Phi) is 5.75. The molecule has 1 rings (SSSR count). The molecular formula is C11H16F2N2O3S2. The van der Waals surface area contributed by atoms with Crippen molar-refractivity contribution >= 4 is 27.5 Å². The minimum absolute atomic E-state index is 0.237. The third-order valence-electron chi connectivity index (χ3n) is 2.72. The summed E-state index contributed by atoms with van der Waals surface area (Å²) in [6.07, 6.45) is 1.71. The number of aliphatic hydroxyl groups is 1. The van der Waals surface area contributed by atoms with Gasteiger partial charge in [0, 0.05) is 17.4 Å². The zero-order valence-corrected chi connectivity index (χ0v) is 12.6. The van der Waals surface area contributed by atoms with Gasteiger partial charge in [0.05, 0.1) is 12.3 Å². The number of aliphatic hydroxyl groups excluding tert-OH is 1. The summed E-state index contributed by atoms with van der Waals surface area (Å²) in [6, 6.07) is 0.519. The molecule has 9 heteroatoms. The van der Waals surface area contributed by atoms with Crippen molar-refractivity contribution in [1.29, 1.82) is 0 Å². The lowest BCUT2D eigenvalue weighted by Gasteiger charge is -2.21. The Morgan fingerprint density at radius 3 is 2.50 bits per heavy atom. The maximum Gasteiger partial charge on any atom is 0.243 e. The molecule has 1 aromatic carbocycles. The second kappa shape index (κ2) is 6.70. The van der Waals surface area contributed by atoms with Gasteiger partial charge in [0.2, 0.25) is 10.0 Å². The van der Waals surface area contributed by atoms with Gasteiger partial charge in [0.25, 0.3) is 0 Å². The highest BCUT2D eigenvalue weighted by Gasteiger charge is 2.26.